The summed E-state index contributed by atoms with van der Waals surface area (Å²) in [6.45, 7) is 6.81. The number of carbonyl (C=O) groups is 1. The number of ether oxygens (including phenoxy) is 1. The average Bonchev–Trinajstić information content (AvgIpc) is 2.82. The van der Waals surface area contributed by atoms with Crippen molar-refractivity contribution in [2.75, 3.05) is 18.4 Å². The fourth-order valence-corrected chi connectivity index (χ4v) is 1.86. The standard InChI is InChI=1S/C14H21N5O2/c1-14(2,3)21-13(20)19-8-5-10-11(16-7-4-6-15)17-9-18-12(10)19/h5,8-9H,4,6-7,15H2,1-3H3,(H,16,17,18). The Morgan fingerprint density at radius 2 is 2.19 bits per heavy atom. The molecule has 0 aliphatic heterocycles. The number of fused-ring (bicyclic) bond motifs is 1. The molecule has 0 aliphatic carbocycles. The molecule has 0 fully saturated rings. The number of anilines is 1. The van der Waals surface area contributed by atoms with Gasteiger partial charge in [0.25, 0.3) is 0 Å². The number of nitrogens with zero attached hydrogens (tertiary/aromatic N) is 3. The minimum Gasteiger partial charge on any atom is -0.443 e. The lowest BCUT2D eigenvalue weighted by Crippen LogP contribution is -2.26. The molecule has 2 rings (SSSR count). The Morgan fingerprint density at radius 1 is 1.43 bits per heavy atom. The molecule has 0 bridgehead atoms. The van der Waals surface area contributed by atoms with Crippen LogP contribution in [-0.4, -0.2) is 39.3 Å². The number of nitrogens with two attached hydrogens (primary N) is 1. The molecular weight excluding hydrogens is 270 g/mol. The summed E-state index contributed by atoms with van der Waals surface area (Å²) in [7, 11) is 0. The van der Waals surface area contributed by atoms with E-state index in [9.17, 15) is 4.79 Å². The highest BCUT2D eigenvalue weighted by atomic mass is 16.6. The first-order chi connectivity index (χ1) is 9.92. The zero-order valence-electron chi connectivity index (χ0n) is 12.6. The van der Waals surface area contributed by atoms with Crippen molar-refractivity contribution in [1.29, 1.82) is 0 Å². The maximum atomic E-state index is 12.2. The number of rotatable bonds is 4. The van der Waals surface area contributed by atoms with Gasteiger partial charge in [0.05, 0.1) is 5.39 Å². The summed E-state index contributed by atoms with van der Waals surface area (Å²) in [5.74, 6) is 0.691. The van der Waals surface area contributed by atoms with E-state index in [1.165, 1.54) is 10.9 Å². The van der Waals surface area contributed by atoms with Crippen LogP contribution in [0.1, 0.15) is 27.2 Å². The maximum absolute atomic E-state index is 12.2. The molecule has 114 valence electrons. The molecule has 0 amide bonds. The summed E-state index contributed by atoms with van der Waals surface area (Å²) in [5.41, 5.74) is 5.44. The van der Waals surface area contributed by atoms with Crippen LogP contribution in [0.3, 0.4) is 0 Å². The Kier molecular flexibility index (Phi) is 4.42. The lowest BCUT2D eigenvalue weighted by Gasteiger charge is -2.19. The van der Waals surface area contributed by atoms with Gasteiger partial charge in [0.15, 0.2) is 5.65 Å². The third-order valence-electron chi connectivity index (χ3n) is 2.74. The molecule has 7 nitrogen and oxygen atoms in total. The Morgan fingerprint density at radius 3 is 2.86 bits per heavy atom. The smallest absolute Gasteiger partial charge is 0.420 e. The van der Waals surface area contributed by atoms with E-state index in [4.69, 9.17) is 10.5 Å². The quantitative estimate of drug-likeness (QED) is 0.836. The van der Waals surface area contributed by atoms with Crippen LogP contribution >= 0.6 is 0 Å². The molecule has 2 aromatic rings. The number of aromatic nitrogens is 3. The maximum Gasteiger partial charge on any atom is 0.420 e. The molecule has 0 saturated heterocycles. The van der Waals surface area contributed by atoms with E-state index in [0.29, 0.717) is 18.0 Å². The Bertz CT molecular complexity index is 630. The van der Waals surface area contributed by atoms with Crippen LogP contribution in [0.5, 0.6) is 0 Å². The second-order valence-electron chi connectivity index (χ2n) is 5.69. The predicted molar refractivity (Wildman–Crippen MR) is 81.3 cm³/mol. The molecule has 0 atom stereocenters. The number of hydrogen-bond donors (Lipinski definition) is 2. The Labute approximate surface area is 123 Å². The van der Waals surface area contributed by atoms with Crippen molar-refractivity contribution in [2.24, 2.45) is 5.73 Å². The van der Waals surface area contributed by atoms with Crippen LogP contribution in [0, 0.1) is 0 Å². The molecule has 2 heterocycles. The second kappa shape index (κ2) is 6.09. The van der Waals surface area contributed by atoms with Gasteiger partial charge in [0.2, 0.25) is 0 Å². The minimum atomic E-state index is -0.553. The number of nitrogens with one attached hydrogen (secondary N) is 1. The first kappa shape index (κ1) is 15.2. The van der Waals surface area contributed by atoms with Crippen molar-refractivity contribution in [3.8, 4) is 0 Å². The van der Waals surface area contributed by atoms with Crippen molar-refractivity contribution in [3.05, 3.63) is 18.6 Å². The van der Waals surface area contributed by atoms with E-state index in [0.717, 1.165) is 18.4 Å². The molecule has 3 N–H and O–H groups in total. The SMILES string of the molecule is CC(C)(C)OC(=O)n1ccc2c(NCCCN)ncnc21. The van der Waals surface area contributed by atoms with Gasteiger partial charge < -0.3 is 15.8 Å². The number of hydrogen-bond acceptors (Lipinski definition) is 6. The monoisotopic (exact) mass is 291 g/mol. The van der Waals surface area contributed by atoms with Gasteiger partial charge in [0.1, 0.15) is 17.7 Å². The summed E-state index contributed by atoms with van der Waals surface area (Å²) < 4.78 is 6.74. The van der Waals surface area contributed by atoms with Crippen molar-refractivity contribution >= 4 is 22.9 Å². The molecule has 0 radical (unpaired) electrons. The summed E-state index contributed by atoms with van der Waals surface area (Å²) in [4.78, 5) is 20.5. The fraction of sp³-hybridized carbons (Fsp3) is 0.500. The van der Waals surface area contributed by atoms with E-state index < -0.39 is 11.7 Å². The summed E-state index contributed by atoms with van der Waals surface area (Å²) >= 11 is 0. The van der Waals surface area contributed by atoms with Gasteiger partial charge in [-0.25, -0.2) is 19.3 Å². The van der Waals surface area contributed by atoms with E-state index in [1.54, 1.807) is 12.3 Å². The van der Waals surface area contributed by atoms with Gasteiger partial charge in [-0.05, 0) is 39.8 Å². The molecule has 0 aromatic carbocycles. The third-order valence-corrected chi connectivity index (χ3v) is 2.74. The normalized spacial score (nSPS) is 11.6. The van der Waals surface area contributed by atoms with Gasteiger partial charge in [-0.2, -0.15) is 0 Å². The lowest BCUT2D eigenvalue weighted by molar-refractivity contribution is 0.0543. The van der Waals surface area contributed by atoms with Crippen LogP contribution in [0.15, 0.2) is 18.6 Å². The predicted octanol–water partition coefficient (Wildman–Crippen LogP) is 1.98. The van der Waals surface area contributed by atoms with Gasteiger partial charge in [0, 0.05) is 12.7 Å². The van der Waals surface area contributed by atoms with Crippen LogP contribution in [-0.2, 0) is 4.74 Å². The molecule has 0 saturated carbocycles. The molecule has 0 spiro atoms. The van der Waals surface area contributed by atoms with Crippen LogP contribution in [0.25, 0.3) is 11.0 Å². The molecular formula is C14H21N5O2. The van der Waals surface area contributed by atoms with E-state index in [-0.39, 0.29) is 0 Å². The van der Waals surface area contributed by atoms with E-state index in [2.05, 4.69) is 15.3 Å². The Balaban J connectivity index is 2.28. The van der Waals surface area contributed by atoms with Gasteiger partial charge in [-0.1, -0.05) is 0 Å². The highest BCUT2D eigenvalue weighted by Gasteiger charge is 2.20. The first-order valence-corrected chi connectivity index (χ1v) is 6.92. The van der Waals surface area contributed by atoms with Gasteiger partial charge >= 0.3 is 6.09 Å². The topological polar surface area (TPSA) is 95.1 Å². The van der Waals surface area contributed by atoms with Gasteiger partial charge in [-0.3, -0.25) is 0 Å². The third kappa shape index (κ3) is 3.69. The summed E-state index contributed by atoms with van der Waals surface area (Å²) in [5, 5.41) is 3.97. The first-order valence-electron chi connectivity index (χ1n) is 6.92. The van der Waals surface area contributed by atoms with Crippen LogP contribution in [0.4, 0.5) is 10.6 Å². The molecule has 21 heavy (non-hydrogen) atoms. The molecule has 2 aromatic heterocycles. The van der Waals surface area contributed by atoms with Crippen molar-refractivity contribution in [2.45, 2.75) is 32.8 Å². The van der Waals surface area contributed by atoms with Crippen molar-refractivity contribution in [3.63, 3.8) is 0 Å². The van der Waals surface area contributed by atoms with Crippen molar-refractivity contribution < 1.29 is 9.53 Å². The van der Waals surface area contributed by atoms with E-state index >= 15 is 0 Å². The van der Waals surface area contributed by atoms with Crippen molar-refractivity contribution in [1.82, 2.24) is 14.5 Å². The zero-order valence-corrected chi connectivity index (χ0v) is 12.6. The van der Waals surface area contributed by atoms with E-state index in [1.807, 2.05) is 20.8 Å². The number of carbonyl (C=O) groups excluding carboxylic acids is 1. The minimum absolute atomic E-state index is 0.455. The van der Waals surface area contributed by atoms with Gasteiger partial charge in [-0.15, -0.1) is 0 Å². The van der Waals surface area contributed by atoms with Crippen LogP contribution in [0.2, 0.25) is 0 Å². The fourth-order valence-electron chi connectivity index (χ4n) is 1.86. The molecule has 0 aliphatic rings. The highest BCUT2D eigenvalue weighted by molar-refractivity contribution is 5.93. The average molecular weight is 291 g/mol. The lowest BCUT2D eigenvalue weighted by atomic mass is 10.2. The summed E-state index contributed by atoms with van der Waals surface area (Å²) in [6, 6.07) is 1.80. The van der Waals surface area contributed by atoms with Crippen LogP contribution < -0.4 is 11.1 Å². The zero-order chi connectivity index (χ0) is 15.5. The second-order valence-corrected chi connectivity index (χ2v) is 5.69. The molecule has 7 heteroatoms. The Hall–Kier alpha value is -2.15. The highest BCUT2D eigenvalue weighted by Crippen LogP contribution is 2.21. The summed E-state index contributed by atoms with van der Waals surface area (Å²) in [6.07, 6.45) is 3.46. The largest absolute Gasteiger partial charge is 0.443 e. The molecule has 0 unspecified atom stereocenters.